The molecule has 8 nitrogen and oxygen atoms in total. The predicted molar refractivity (Wildman–Crippen MR) is 131 cm³/mol. The van der Waals surface area contributed by atoms with Crippen LogP contribution in [0.1, 0.15) is 24.9 Å². The van der Waals surface area contributed by atoms with Crippen molar-refractivity contribution < 1.29 is 24.3 Å². The Hall–Kier alpha value is -2.36. The van der Waals surface area contributed by atoms with Gasteiger partial charge in [-0.1, -0.05) is 41.4 Å². The third-order valence-electron chi connectivity index (χ3n) is 5.08. The van der Waals surface area contributed by atoms with Gasteiger partial charge in [0.2, 0.25) is 0 Å². The minimum absolute atomic E-state index is 0. The van der Waals surface area contributed by atoms with Gasteiger partial charge in [0.25, 0.3) is 5.91 Å². The molecule has 11 heteroatoms. The molecule has 1 heterocycles. The number of nitrogens with one attached hydrogen (secondary N) is 2. The van der Waals surface area contributed by atoms with E-state index in [-0.39, 0.29) is 29.6 Å². The molecule has 174 valence electrons. The SMILES string of the molecule is CC1=CN(C)C(=O)C(NC(=O)NC(CC(=O)O)c2cccc(-c3cc(Cl)cc(Cl)c3)c2)C1=O.[NaH]. The van der Waals surface area contributed by atoms with Gasteiger partial charge in [-0.2, -0.15) is 0 Å². The van der Waals surface area contributed by atoms with Crippen molar-refractivity contribution in [2.75, 3.05) is 7.05 Å². The molecule has 2 atom stereocenters. The van der Waals surface area contributed by atoms with Crippen molar-refractivity contribution in [2.24, 2.45) is 0 Å². The van der Waals surface area contributed by atoms with Gasteiger partial charge in [-0.15, -0.1) is 0 Å². The number of carboxylic acids is 1. The molecule has 2 aromatic carbocycles. The molecule has 0 aliphatic carbocycles. The van der Waals surface area contributed by atoms with Crippen molar-refractivity contribution >= 4 is 76.5 Å². The molecule has 3 N–H and O–H groups in total. The average molecular weight is 514 g/mol. The number of halogens is 2. The average Bonchev–Trinajstić information content (AvgIpc) is 2.74. The van der Waals surface area contributed by atoms with Gasteiger partial charge in [0.05, 0.1) is 12.5 Å². The minimum atomic E-state index is -1.38. The number of carbonyl (C=O) groups is 4. The molecule has 2 aromatic rings. The number of hydrogen-bond donors (Lipinski definition) is 3. The van der Waals surface area contributed by atoms with Gasteiger partial charge >= 0.3 is 41.6 Å². The van der Waals surface area contributed by atoms with Gasteiger partial charge in [0.15, 0.2) is 11.8 Å². The summed E-state index contributed by atoms with van der Waals surface area (Å²) < 4.78 is 0. The van der Waals surface area contributed by atoms with Crippen LogP contribution in [0.5, 0.6) is 0 Å². The topological polar surface area (TPSA) is 116 Å². The number of nitrogens with zero attached hydrogens (tertiary/aromatic N) is 1. The number of ketones is 1. The van der Waals surface area contributed by atoms with E-state index in [1.807, 2.05) is 0 Å². The number of amides is 3. The first-order valence-corrected chi connectivity index (χ1v) is 10.7. The monoisotopic (exact) mass is 513 g/mol. The van der Waals surface area contributed by atoms with E-state index in [1.165, 1.54) is 18.1 Å². The number of benzene rings is 2. The third kappa shape index (κ3) is 6.84. The van der Waals surface area contributed by atoms with Crippen LogP contribution >= 0.6 is 23.2 Å². The maximum absolute atomic E-state index is 12.6. The number of Topliss-reactive ketones (excluding diaryl/α,β-unsaturated/α-hetero) is 1. The van der Waals surface area contributed by atoms with E-state index in [2.05, 4.69) is 10.6 Å². The summed E-state index contributed by atoms with van der Waals surface area (Å²) in [7, 11) is 1.48. The van der Waals surface area contributed by atoms with E-state index < -0.39 is 42.2 Å². The Kier molecular flexibility index (Phi) is 9.73. The van der Waals surface area contributed by atoms with Crippen LogP contribution in [0.25, 0.3) is 11.1 Å². The number of carboxylic acid groups (broad SMARTS) is 1. The summed E-state index contributed by atoms with van der Waals surface area (Å²) in [6.45, 7) is 1.54. The first-order valence-electron chi connectivity index (χ1n) is 9.89. The first kappa shape index (κ1) is 27.9. The van der Waals surface area contributed by atoms with Gasteiger partial charge in [-0.3, -0.25) is 14.4 Å². The molecular formula is C23H22Cl2N3NaO5. The van der Waals surface area contributed by atoms with Crippen molar-refractivity contribution in [3.63, 3.8) is 0 Å². The van der Waals surface area contributed by atoms with Crippen molar-refractivity contribution in [1.82, 2.24) is 15.5 Å². The van der Waals surface area contributed by atoms with Crippen LogP contribution in [0.2, 0.25) is 10.0 Å². The fourth-order valence-corrected chi connectivity index (χ4v) is 4.03. The quantitative estimate of drug-likeness (QED) is 0.405. The van der Waals surface area contributed by atoms with Crippen LogP contribution in [-0.2, 0) is 14.4 Å². The van der Waals surface area contributed by atoms with E-state index in [9.17, 15) is 24.3 Å². The molecule has 1 aliphatic rings. The van der Waals surface area contributed by atoms with E-state index in [0.717, 1.165) is 11.1 Å². The summed E-state index contributed by atoms with van der Waals surface area (Å²) in [6, 6.07) is 8.76. The number of hydrogen-bond acceptors (Lipinski definition) is 4. The molecule has 0 radical (unpaired) electrons. The van der Waals surface area contributed by atoms with Gasteiger partial charge in [0, 0.05) is 28.9 Å². The van der Waals surface area contributed by atoms with Crippen molar-refractivity contribution in [1.29, 1.82) is 0 Å². The molecular weight excluding hydrogens is 492 g/mol. The van der Waals surface area contributed by atoms with E-state index in [4.69, 9.17) is 23.2 Å². The van der Waals surface area contributed by atoms with Gasteiger partial charge in [0.1, 0.15) is 0 Å². The molecule has 3 rings (SSSR count). The fourth-order valence-electron chi connectivity index (χ4n) is 3.50. The Morgan fingerprint density at radius 3 is 2.35 bits per heavy atom. The zero-order valence-corrected chi connectivity index (χ0v) is 19.3. The number of likely N-dealkylation sites (N-methyl/N-ethyl adjacent to an activating group) is 1. The van der Waals surface area contributed by atoms with Crippen LogP contribution in [-0.4, -0.2) is 76.3 Å². The number of carbonyl (C=O) groups excluding carboxylic acids is 3. The van der Waals surface area contributed by atoms with Crippen molar-refractivity contribution in [2.45, 2.75) is 25.4 Å². The molecule has 0 fully saturated rings. The molecule has 0 saturated carbocycles. The maximum atomic E-state index is 12.6. The second kappa shape index (κ2) is 11.9. The Morgan fingerprint density at radius 2 is 1.74 bits per heavy atom. The second-order valence-corrected chi connectivity index (χ2v) is 8.48. The molecule has 3 amide bonds. The van der Waals surface area contributed by atoms with Crippen LogP contribution in [0.15, 0.2) is 54.2 Å². The second-order valence-electron chi connectivity index (χ2n) is 7.61. The molecule has 1 aliphatic heterocycles. The summed E-state index contributed by atoms with van der Waals surface area (Å²) in [4.78, 5) is 50.0. The van der Waals surface area contributed by atoms with Gasteiger partial charge in [-0.25, -0.2) is 4.79 Å². The Balaban J connectivity index is 0.00000408. The number of urea groups is 1. The van der Waals surface area contributed by atoms with Crippen LogP contribution in [0.3, 0.4) is 0 Å². The van der Waals surface area contributed by atoms with Crippen molar-refractivity contribution in [3.05, 3.63) is 69.8 Å². The molecule has 0 spiro atoms. The Bertz CT molecular complexity index is 1150. The summed E-state index contributed by atoms with van der Waals surface area (Å²) in [5, 5.41) is 15.2. The Labute approximate surface area is 228 Å². The molecule has 0 aromatic heterocycles. The first-order chi connectivity index (χ1) is 15.5. The summed E-state index contributed by atoms with van der Waals surface area (Å²) in [5.41, 5.74) is 2.26. The number of rotatable bonds is 6. The van der Waals surface area contributed by atoms with Crippen molar-refractivity contribution in [3.8, 4) is 11.1 Å². The Morgan fingerprint density at radius 1 is 1.09 bits per heavy atom. The number of aliphatic carboxylic acids is 1. The van der Waals surface area contributed by atoms with Crippen LogP contribution in [0, 0.1) is 0 Å². The normalized spacial score (nSPS) is 16.3. The molecule has 0 bridgehead atoms. The zero-order chi connectivity index (χ0) is 24.3. The van der Waals surface area contributed by atoms with Crippen LogP contribution < -0.4 is 10.6 Å². The summed E-state index contributed by atoms with van der Waals surface area (Å²) in [5.74, 6) is -2.25. The van der Waals surface area contributed by atoms with Gasteiger partial charge in [-0.05, 0) is 47.9 Å². The molecule has 2 unspecified atom stereocenters. The predicted octanol–water partition coefficient (Wildman–Crippen LogP) is 3.14. The zero-order valence-electron chi connectivity index (χ0n) is 17.8. The standard InChI is InChI=1S/C23H21Cl2N3O5.Na.H/c1-12-11-28(2)22(32)20(21(12)31)27-23(33)26-18(10-19(29)30)14-5-3-4-13(6-14)15-7-16(24)9-17(25)8-15;;/h3-9,11,18,20H,10H2,1-2H3,(H,29,30)(H2,26,27,33);;. The fraction of sp³-hybridized carbons (Fsp3) is 0.217. The molecule has 34 heavy (non-hydrogen) atoms. The van der Waals surface area contributed by atoms with Crippen LogP contribution in [0.4, 0.5) is 4.79 Å². The molecule has 0 saturated heterocycles. The van der Waals surface area contributed by atoms with E-state index in [0.29, 0.717) is 21.2 Å². The van der Waals surface area contributed by atoms with E-state index >= 15 is 0 Å². The van der Waals surface area contributed by atoms with Gasteiger partial charge < -0.3 is 20.6 Å². The summed E-state index contributed by atoms with van der Waals surface area (Å²) in [6.07, 6.45) is 0.972. The third-order valence-corrected chi connectivity index (χ3v) is 5.51. The summed E-state index contributed by atoms with van der Waals surface area (Å²) >= 11 is 12.2. The van der Waals surface area contributed by atoms with E-state index in [1.54, 1.807) is 49.4 Å².